The second-order valence-electron chi connectivity index (χ2n) is 5.29. The molecule has 1 amide bonds. The van der Waals surface area contributed by atoms with Gasteiger partial charge in [-0.2, -0.15) is 0 Å². The second-order valence-corrected chi connectivity index (χ2v) is 5.29. The summed E-state index contributed by atoms with van der Waals surface area (Å²) >= 11 is 0. The Morgan fingerprint density at radius 3 is 3.05 bits per heavy atom. The maximum Gasteiger partial charge on any atom is 0.228 e. The van der Waals surface area contributed by atoms with Crippen LogP contribution in [-0.4, -0.2) is 24.0 Å². The van der Waals surface area contributed by atoms with Crippen LogP contribution >= 0.6 is 0 Å². The van der Waals surface area contributed by atoms with Crippen LogP contribution < -0.4 is 10.6 Å². The standard InChI is InChI=1S/C15H19N3O/c1-10-7-12-8-13(4-5-14(12)17-10)18-15(19)11-3-2-6-16-9-11/h4-5,7-8,11,16-17H,2-3,6,9H2,1H3,(H,18,19). The lowest BCUT2D eigenvalue weighted by atomic mass is 9.99. The van der Waals surface area contributed by atoms with Gasteiger partial charge < -0.3 is 15.6 Å². The number of anilines is 1. The molecule has 1 atom stereocenters. The summed E-state index contributed by atoms with van der Waals surface area (Å²) in [7, 11) is 0. The quantitative estimate of drug-likeness (QED) is 0.774. The number of hydrogen-bond donors (Lipinski definition) is 3. The zero-order chi connectivity index (χ0) is 13.2. The molecule has 1 saturated heterocycles. The van der Waals surface area contributed by atoms with Crippen LogP contribution in [-0.2, 0) is 4.79 Å². The first-order valence-electron chi connectivity index (χ1n) is 6.83. The third-order valence-electron chi connectivity index (χ3n) is 3.69. The number of H-pyrrole nitrogens is 1. The first kappa shape index (κ1) is 12.2. The average Bonchev–Trinajstić information content (AvgIpc) is 2.79. The van der Waals surface area contributed by atoms with E-state index in [-0.39, 0.29) is 11.8 Å². The van der Waals surface area contributed by atoms with E-state index >= 15 is 0 Å². The number of hydrogen-bond acceptors (Lipinski definition) is 2. The van der Waals surface area contributed by atoms with Crippen LogP contribution in [0, 0.1) is 12.8 Å². The number of aromatic nitrogens is 1. The molecule has 1 aliphatic heterocycles. The van der Waals surface area contributed by atoms with Crippen LogP contribution in [0.1, 0.15) is 18.5 Å². The van der Waals surface area contributed by atoms with Gasteiger partial charge in [-0.15, -0.1) is 0 Å². The molecule has 4 nitrogen and oxygen atoms in total. The molecular weight excluding hydrogens is 238 g/mol. The highest BCUT2D eigenvalue weighted by atomic mass is 16.1. The van der Waals surface area contributed by atoms with Gasteiger partial charge in [0.25, 0.3) is 0 Å². The maximum atomic E-state index is 12.1. The Bertz CT molecular complexity index is 596. The number of aromatic amines is 1. The van der Waals surface area contributed by atoms with Crippen molar-refractivity contribution in [1.82, 2.24) is 10.3 Å². The highest BCUT2D eigenvalue weighted by Gasteiger charge is 2.20. The Hall–Kier alpha value is -1.81. The number of nitrogens with one attached hydrogen (secondary N) is 3. The molecule has 3 N–H and O–H groups in total. The number of fused-ring (bicyclic) bond motifs is 1. The van der Waals surface area contributed by atoms with E-state index in [4.69, 9.17) is 0 Å². The Labute approximate surface area is 112 Å². The highest BCUT2D eigenvalue weighted by Crippen LogP contribution is 2.21. The Morgan fingerprint density at radius 2 is 2.26 bits per heavy atom. The molecule has 1 unspecified atom stereocenters. The molecule has 0 radical (unpaired) electrons. The Morgan fingerprint density at radius 1 is 1.37 bits per heavy atom. The maximum absolute atomic E-state index is 12.1. The summed E-state index contributed by atoms with van der Waals surface area (Å²) in [5, 5.41) is 7.43. The third-order valence-corrected chi connectivity index (χ3v) is 3.69. The van der Waals surface area contributed by atoms with Crippen LogP contribution in [0.5, 0.6) is 0 Å². The molecule has 1 fully saturated rings. The predicted octanol–water partition coefficient (Wildman–Crippen LogP) is 2.41. The van der Waals surface area contributed by atoms with Gasteiger partial charge >= 0.3 is 0 Å². The molecule has 0 aliphatic carbocycles. The zero-order valence-electron chi connectivity index (χ0n) is 11.1. The minimum Gasteiger partial charge on any atom is -0.359 e. The van der Waals surface area contributed by atoms with Crippen molar-refractivity contribution in [2.45, 2.75) is 19.8 Å². The Kier molecular flexibility index (Phi) is 3.25. The van der Waals surface area contributed by atoms with Crippen molar-refractivity contribution in [2.75, 3.05) is 18.4 Å². The SMILES string of the molecule is Cc1cc2cc(NC(=O)C3CCCNC3)ccc2[nH]1. The molecule has 2 heterocycles. The molecule has 0 bridgehead atoms. The van der Waals surface area contributed by atoms with Gasteiger partial charge in [0.2, 0.25) is 5.91 Å². The number of piperidine rings is 1. The van der Waals surface area contributed by atoms with Crippen LogP contribution in [0.2, 0.25) is 0 Å². The molecule has 1 aromatic carbocycles. The summed E-state index contributed by atoms with van der Waals surface area (Å²) < 4.78 is 0. The molecule has 0 spiro atoms. The van der Waals surface area contributed by atoms with Gasteiger partial charge in [-0.1, -0.05) is 0 Å². The molecule has 1 aliphatic rings. The van der Waals surface area contributed by atoms with Gasteiger partial charge in [-0.05, 0) is 50.6 Å². The van der Waals surface area contributed by atoms with Crippen molar-refractivity contribution >= 4 is 22.5 Å². The second kappa shape index (κ2) is 5.05. The number of carbonyl (C=O) groups is 1. The largest absolute Gasteiger partial charge is 0.359 e. The molecule has 3 rings (SSSR count). The monoisotopic (exact) mass is 257 g/mol. The van der Waals surface area contributed by atoms with Crippen molar-refractivity contribution < 1.29 is 4.79 Å². The van der Waals surface area contributed by atoms with Gasteiger partial charge in [0.1, 0.15) is 0 Å². The van der Waals surface area contributed by atoms with Gasteiger partial charge in [0.15, 0.2) is 0 Å². The van der Waals surface area contributed by atoms with E-state index in [2.05, 4.69) is 21.7 Å². The predicted molar refractivity (Wildman–Crippen MR) is 77.3 cm³/mol. The molecule has 1 aromatic heterocycles. The first-order chi connectivity index (χ1) is 9.22. The van der Waals surface area contributed by atoms with E-state index in [0.717, 1.165) is 48.2 Å². The summed E-state index contributed by atoms with van der Waals surface area (Å²) in [5.41, 5.74) is 3.12. The fourth-order valence-electron chi connectivity index (χ4n) is 2.68. The number of carbonyl (C=O) groups excluding carboxylic acids is 1. The molecule has 19 heavy (non-hydrogen) atoms. The third kappa shape index (κ3) is 2.63. The van der Waals surface area contributed by atoms with Crippen LogP contribution in [0.4, 0.5) is 5.69 Å². The molecule has 4 heteroatoms. The van der Waals surface area contributed by atoms with Gasteiger partial charge in [-0.3, -0.25) is 4.79 Å². The van der Waals surface area contributed by atoms with Gasteiger partial charge in [0.05, 0.1) is 5.92 Å². The fraction of sp³-hybridized carbons (Fsp3) is 0.400. The van der Waals surface area contributed by atoms with E-state index in [9.17, 15) is 4.79 Å². The topological polar surface area (TPSA) is 56.9 Å². The summed E-state index contributed by atoms with van der Waals surface area (Å²) in [6.45, 7) is 3.85. The minimum absolute atomic E-state index is 0.0948. The smallest absolute Gasteiger partial charge is 0.228 e. The van der Waals surface area contributed by atoms with E-state index in [1.165, 1.54) is 0 Å². The van der Waals surface area contributed by atoms with Crippen molar-refractivity contribution in [3.05, 3.63) is 30.0 Å². The summed E-state index contributed by atoms with van der Waals surface area (Å²) in [5.74, 6) is 0.219. The molecule has 0 saturated carbocycles. The zero-order valence-corrected chi connectivity index (χ0v) is 11.1. The summed E-state index contributed by atoms with van der Waals surface area (Å²) in [6.07, 6.45) is 2.05. The highest BCUT2D eigenvalue weighted by molar-refractivity contribution is 5.95. The van der Waals surface area contributed by atoms with Gasteiger partial charge in [0, 0.05) is 28.8 Å². The van der Waals surface area contributed by atoms with E-state index in [0.29, 0.717) is 0 Å². The minimum atomic E-state index is 0.0948. The fourth-order valence-corrected chi connectivity index (χ4v) is 2.68. The van der Waals surface area contributed by atoms with Crippen molar-refractivity contribution in [2.24, 2.45) is 5.92 Å². The number of benzene rings is 1. The molecule has 2 aromatic rings. The van der Waals surface area contributed by atoms with Crippen LogP contribution in [0.15, 0.2) is 24.3 Å². The van der Waals surface area contributed by atoms with E-state index < -0.39 is 0 Å². The lowest BCUT2D eigenvalue weighted by Crippen LogP contribution is -2.37. The van der Waals surface area contributed by atoms with Crippen molar-refractivity contribution in [3.8, 4) is 0 Å². The lowest BCUT2D eigenvalue weighted by Gasteiger charge is -2.21. The summed E-state index contributed by atoms with van der Waals surface area (Å²) in [4.78, 5) is 15.4. The summed E-state index contributed by atoms with van der Waals surface area (Å²) in [6, 6.07) is 8.07. The van der Waals surface area contributed by atoms with Crippen LogP contribution in [0.3, 0.4) is 0 Å². The first-order valence-corrected chi connectivity index (χ1v) is 6.83. The molecular formula is C15H19N3O. The Balaban J connectivity index is 1.74. The normalized spacial score (nSPS) is 19.5. The molecule has 100 valence electrons. The number of rotatable bonds is 2. The van der Waals surface area contributed by atoms with E-state index in [1.54, 1.807) is 0 Å². The number of aryl methyl sites for hydroxylation is 1. The van der Waals surface area contributed by atoms with Gasteiger partial charge in [-0.25, -0.2) is 0 Å². The van der Waals surface area contributed by atoms with Crippen LogP contribution in [0.25, 0.3) is 10.9 Å². The lowest BCUT2D eigenvalue weighted by molar-refractivity contribution is -0.120. The number of amides is 1. The van der Waals surface area contributed by atoms with Crippen molar-refractivity contribution in [3.63, 3.8) is 0 Å². The van der Waals surface area contributed by atoms with E-state index in [1.807, 2.05) is 25.1 Å². The van der Waals surface area contributed by atoms with Crippen molar-refractivity contribution in [1.29, 1.82) is 0 Å². The average molecular weight is 257 g/mol.